The van der Waals surface area contributed by atoms with E-state index in [4.69, 9.17) is 23.7 Å². The van der Waals surface area contributed by atoms with Crippen molar-refractivity contribution in [1.29, 1.82) is 0 Å². The van der Waals surface area contributed by atoms with Crippen LogP contribution in [0.4, 0.5) is 21.5 Å². The summed E-state index contributed by atoms with van der Waals surface area (Å²) in [6, 6.07) is 83.4. The Morgan fingerprint density at radius 2 is 0.827 bits per heavy atom. The smallest absolute Gasteiger partial charge is 0.328 e. The van der Waals surface area contributed by atoms with E-state index in [2.05, 4.69) is 155 Å². The number of cyclic esters (lactones) is 1. The van der Waals surface area contributed by atoms with Gasteiger partial charge in [-0.2, -0.15) is 25.5 Å². The third-order valence-corrected chi connectivity index (χ3v) is 25.4. The minimum atomic E-state index is -3.50. The lowest BCUT2D eigenvalue weighted by atomic mass is 10.0. The van der Waals surface area contributed by atoms with Crippen LogP contribution in [0.1, 0.15) is 40.0 Å². The third-order valence-electron chi connectivity index (χ3n) is 22.5. The summed E-state index contributed by atoms with van der Waals surface area (Å²) >= 11 is 1.63. The van der Waals surface area contributed by atoms with Crippen molar-refractivity contribution in [2.45, 2.75) is 31.3 Å². The first-order valence-corrected chi connectivity index (χ1v) is 48.3. The molecule has 0 unspecified atom stereocenters. The predicted molar refractivity (Wildman–Crippen MR) is 522 cm³/mol. The number of esters is 1. The Balaban J connectivity index is 0.000000111. The second-order valence-corrected chi connectivity index (χ2v) is 38.2. The standard InChI is InChI=1S/C23H19N3O4.C22H19N3O2.C19H17N3O3S.C18H14FN3O2S.C17H15N3O3S2/c1-29-20-12-19-16(11-17(20)22(27)24-18-8-9-30-23(18)28)21(26-25-19)15-7-6-13-4-2-3-5-14(13)10-15;1-27-20-12-19-17(11-18(20)22(26)23-16-8-9-16)21(25-24-19)15-7-6-13-4-2-3-5-14(13)10-15;1-25-19-16(22-26(2,23)24)10-9-15-17(19)18(21-20-15)14-8-7-12-5-3-4-6-13(12)11-14;1-25(23,24)22-14-9-15-17(20-21-18(15)16(19)10-14)13-7-6-11-4-2-3-5-12(11)8-13;1-23-17-12(20-25(2,21)22)8-7-11-15(17)16(19-18-11)14-9-10-5-3-4-6-13(10)24-14/h2-7,10-12,18H,8-9H2,1H3,(H,24,27)(H,25,26);2-7,10-12,16H,8-9H2,1H3,(H,23,26)(H,24,25);3-11,22H,1-2H3,(H,20,21);2-10,22H,1H3,(H,20,21);3-9,20H,1-2H3,(H,18,19)/t18-;;;;/m1..../s1. The monoisotopic (exact) mass is 1850 g/mol. The lowest BCUT2D eigenvalue weighted by Gasteiger charge is -2.12. The summed E-state index contributed by atoms with van der Waals surface area (Å²) in [4.78, 5) is 38.2. The van der Waals surface area contributed by atoms with Crippen LogP contribution in [0.5, 0.6) is 23.0 Å². The number of aromatic nitrogens is 10. The van der Waals surface area contributed by atoms with Crippen LogP contribution < -0.4 is 43.7 Å². The number of carbonyl (C=O) groups is 3. The zero-order valence-electron chi connectivity index (χ0n) is 72.3. The number of fused-ring (bicyclic) bond motifs is 10. The molecule has 7 heterocycles. The molecule has 0 bridgehead atoms. The number of carbonyl (C=O) groups excluding carboxylic acids is 3. The number of anilines is 3. The number of aromatic amines is 5. The normalized spacial score (nSPS) is 13.2. The van der Waals surface area contributed by atoms with E-state index in [1.54, 1.807) is 60.9 Å². The summed E-state index contributed by atoms with van der Waals surface area (Å²) in [5.74, 6) is 0.351. The summed E-state index contributed by atoms with van der Waals surface area (Å²) < 4.78 is 119. The van der Waals surface area contributed by atoms with E-state index in [0.717, 1.165) is 173 Å². The van der Waals surface area contributed by atoms with Crippen LogP contribution in [0.2, 0.25) is 0 Å². The SMILES string of the molecule is COc1c(NS(C)(=O)=O)ccc2[nH]nc(-c3cc4ccccc4s3)c12.COc1c(NS(C)(=O)=O)ccc2[nH]nc(-c3ccc4ccccc4c3)c12.COc1cc2[nH]nc(-c3ccc4ccccc4c3)c2cc1C(=O)NC1CC1.COc1cc2[nH]nc(-c3ccc4ccccc4c3)c2cc1C(=O)N[C@@H]1CCOC1=O.CS(=O)(=O)Nc1cc(F)c2n[nH]c(-c3ccc4ccccc4c3)c2c1. The van der Waals surface area contributed by atoms with E-state index in [0.29, 0.717) is 81.3 Å². The van der Waals surface area contributed by atoms with Crippen LogP contribution in [0.25, 0.3) is 163 Å². The predicted octanol–water partition coefficient (Wildman–Crippen LogP) is 19.2. The van der Waals surface area contributed by atoms with Crippen molar-refractivity contribution in [3.8, 4) is 78.6 Å². The lowest BCUT2D eigenvalue weighted by molar-refractivity contribution is -0.139. The summed E-state index contributed by atoms with van der Waals surface area (Å²) in [6.07, 6.45) is 5.79. The fourth-order valence-electron chi connectivity index (χ4n) is 16.1. The number of ether oxygens (including phenoxy) is 5. The van der Waals surface area contributed by atoms with Crippen molar-refractivity contribution in [1.82, 2.24) is 61.6 Å². The number of sulfonamides is 3. The van der Waals surface area contributed by atoms with E-state index in [-0.39, 0.29) is 23.0 Å². The minimum Gasteiger partial charge on any atom is -0.496 e. The molecule has 10 N–H and O–H groups in total. The Morgan fingerprint density at radius 3 is 1.28 bits per heavy atom. The highest BCUT2D eigenvalue weighted by Crippen LogP contribution is 2.45. The third kappa shape index (κ3) is 19.0. The highest BCUT2D eigenvalue weighted by Gasteiger charge is 2.31. The number of amides is 2. The van der Waals surface area contributed by atoms with Gasteiger partial charge in [0.25, 0.3) is 11.8 Å². The van der Waals surface area contributed by atoms with Crippen molar-refractivity contribution in [3.63, 3.8) is 0 Å². The molecule has 0 radical (unpaired) electrons. The molecule has 1 saturated heterocycles. The zero-order valence-corrected chi connectivity index (χ0v) is 75.5. The summed E-state index contributed by atoms with van der Waals surface area (Å²) in [5.41, 5.74) is 12.5. The maximum atomic E-state index is 14.3. The van der Waals surface area contributed by atoms with Crippen LogP contribution in [0, 0.1) is 5.82 Å². The number of H-pyrrole nitrogens is 5. The highest BCUT2D eigenvalue weighted by atomic mass is 32.2. The number of nitrogens with one attached hydrogen (secondary N) is 10. The number of hydrogen-bond donors (Lipinski definition) is 10. The Morgan fingerprint density at radius 1 is 0.406 bits per heavy atom. The van der Waals surface area contributed by atoms with E-state index in [9.17, 15) is 44.0 Å². The van der Waals surface area contributed by atoms with Gasteiger partial charge in [-0.05, 0) is 140 Å². The Hall–Kier alpha value is -15.8. The first-order chi connectivity index (χ1) is 64.2. The number of rotatable bonds is 19. The van der Waals surface area contributed by atoms with E-state index >= 15 is 0 Å². The average Bonchev–Trinajstić information content (AvgIpc) is 1.58. The molecule has 14 aromatic carbocycles. The van der Waals surface area contributed by atoms with Gasteiger partial charge in [-0.3, -0.25) is 49.2 Å². The summed E-state index contributed by atoms with van der Waals surface area (Å²) in [5, 5.41) is 56.4. The van der Waals surface area contributed by atoms with Crippen molar-refractivity contribution in [2.75, 3.05) is 68.0 Å². The van der Waals surface area contributed by atoms with Gasteiger partial charge in [0.2, 0.25) is 30.1 Å². The largest absolute Gasteiger partial charge is 0.496 e. The van der Waals surface area contributed by atoms with Crippen molar-refractivity contribution in [2.24, 2.45) is 0 Å². The molecule has 1 saturated carbocycles. The summed E-state index contributed by atoms with van der Waals surface area (Å²) in [6.45, 7) is 0.313. The highest BCUT2D eigenvalue weighted by molar-refractivity contribution is 7.92. The van der Waals surface area contributed by atoms with Gasteiger partial charge in [0.15, 0.2) is 17.3 Å². The van der Waals surface area contributed by atoms with Gasteiger partial charge in [0, 0.05) is 73.8 Å². The quantitative estimate of drug-likeness (QED) is 0.0336. The molecular formula is C99H84FN15O14S4. The van der Waals surface area contributed by atoms with Crippen LogP contribution in [-0.4, -0.2) is 160 Å². The van der Waals surface area contributed by atoms with Gasteiger partial charge in [0.05, 0.1) is 137 Å². The second kappa shape index (κ2) is 36.6. The topological polar surface area (TPSA) is 403 Å². The molecule has 1 aliphatic carbocycles. The van der Waals surface area contributed by atoms with Crippen molar-refractivity contribution < 1.29 is 67.7 Å². The van der Waals surface area contributed by atoms with Crippen LogP contribution in [-0.2, 0) is 39.6 Å². The van der Waals surface area contributed by atoms with Gasteiger partial charge in [-0.15, -0.1) is 11.3 Å². The van der Waals surface area contributed by atoms with Gasteiger partial charge >= 0.3 is 5.97 Å². The molecule has 22 rings (SSSR count). The summed E-state index contributed by atoms with van der Waals surface area (Å²) in [7, 11) is -4.23. The number of halogens is 1. The fraction of sp³-hybridized carbons (Fsp3) is 0.131. The van der Waals surface area contributed by atoms with Crippen molar-refractivity contribution >= 4 is 184 Å². The maximum Gasteiger partial charge on any atom is 0.328 e. The number of hydrogen-bond acceptors (Lipinski definition) is 20. The number of benzene rings is 14. The van der Waals surface area contributed by atoms with E-state index in [1.807, 2.05) is 133 Å². The molecule has 670 valence electrons. The number of nitrogens with zero attached hydrogens (tertiary/aromatic N) is 5. The van der Waals surface area contributed by atoms with Gasteiger partial charge in [0.1, 0.15) is 34.4 Å². The van der Waals surface area contributed by atoms with Crippen LogP contribution in [0.15, 0.2) is 261 Å². The number of methoxy groups -OCH3 is 4. The zero-order chi connectivity index (χ0) is 92.6. The average molecular weight is 1860 g/mol. The molecular weight excluding hydrogens is 1770 g/mol. The molecule has 6 aromatic heterocycles. The minimum absolute atomic E-state index is 0.0955. The molecule has 20 aromatic rings. The Kier molecular flexibility index (Phi) is 24.2. The molecule has 2 fully saturated rings. The molecule has 1 aliphatic heterocycles. The first-order valence-electron chi connectivity index (χ1n) is 41.8. The second-order valence-electron chi connectivity index (χ2n) is 31.8. The Bertz CT molecular complexity index is 8330. The number of thiophene rings is 1. The molecule has 0 spiro atoms. The molecule has 34 heteroatoms. The molecule has 133 heavy (non-hydrogen) atoms. The lowest BCUT2D eigenvalue weighted by Crippen LogP contribution is -2.38. The van der Waals surface area contributed by atoms with Crippen LogP contribution >= 0.6 is 11.3 Å². The van der Waals surface area contributed by atoms with Gasteiger partial charge < -0.3 is 34.3 Å². The Labute approximate surface area is 763 Å². The van der Waals surface area contributed by atoms with Crippen molar-refractivity contribution in [3.05, 3.63) is 278 Å². The molecule has 2 amide bonds. The fourth-order valence-corrected chi connectivity index (χ4v) is 18.9. The van der Waals surface area contributed by atoms with Gasteiger partial charge in [-0.25, -0.2) is 34.4 Å². The van der Waals surface area contributed by atoms with Gasteiger partial charge in [-0.1, -0.05) is 164 Å². The molecule has 1 atom stereocenters. The molecule has 2 aliphatic rings. The van der Waals surface area contributed by atoms with E-state index in [1.165, 1.54) is 26.7 Å². The van der Waals surface area contributed by atoms with E-state index < -0.39 is 47.9 Å². The maximum absolute atomic E-state index is 14.3. The molecule has 29 nitrogen and oxygen atoms in total. The van der Waals surface area contributed by atoms with Crippen LogP contribution in [0.3, 0.4) is 0 Å². The first kappa shape index (κ1) is 87.9.